The normalized spacial score (nSPS) is 12.6. The van der Waals surface area contributed by atoms with Gasteiger partial charge in [0.25, 0.3) is 0 Å². The highest BCUT2D eigenvalue weighted by molar-refractivity contribution is 5.83. The fraction of sp³-hybridized carbons (Fsp3) is 0.429. The number of amides is 2. The van der Waals surface area contributed by atoms with Crippen LogP contribution in [0.1, 0.15) is 25.0 Å². The van der Waals surface area contributed by atoms with Crippen LogP contribution in [0, 0.1) is 0 Å². The number of rotatable bonds is 5. The topological polar surface area (TPSA) is 58.2 Å². The third-order valence-electron chi connectivity index (χ3n) is 2.75. The van der Waals surface area contributed by atoms with Crippen molar-refractivity contribution in [1.29, 1.82) is 0 Å². The lowest BCUT2D eigenvalue weighted by Crippen LogP contribution is -2.41. The van der Waals surface area contributed by atoms with E-state index in [1.807, 2.05) is 0 Å². The SMILES string of the molecule is CC(=O)NCC(=O)N[C@@H](C)Cc1ccccc1C(F)(F)F. The molecule has 0 radical (unpaired) electrons. The number of halogens is 3. The highest BCUT2D eigenvalue weighted by Crippen LogP contribution is 2.32. The van der Waals surface area contributed by atoms with Crippen LogP contribution in [0.25, 0.3) is 0 Å². The zero-order valence-corrected chi connectivity index (χ0v) is 11.8. The molecule has 7 heteroatoms. The van der Waals surface area contributed by atoms with Gasteiger partial charge in [-0.15, -0.1) is 0 Å². The number of hydrogen-bond donors (Lipinski definition) is 2. The first kappa shape index (κ1) is 17.0. The van der Waals surface area contributed by atoms with E-state index in [9.17, 15) is 22.8 Å². The number of carbonyl (C=O) groups is 2. The van der Waals surface area contributed by atoms with Gasteiger partial charge in [0.15, 0.2) is 0 Å². The summed E-state index contributed by atoms with van der Waals surface area (Å²) in [6, 6.07) is 4.78. The van der Waals surface area contributed by atoms with Gasteiger partial charge in [-0.2, -0.15) is 13.2 Å². The summed E-state index contributed by atoms with van der Waals surface area (Å²) in [5.41, 5.74) is -0.578. The molecule has 2 amide bonds. The van der Waals surface area contributed by atoms with Crippen molar-refractivity contribution in [2.24, 2.45) is 0 Å². The molecule has 0 spiro atoms. The van der Waals surface area contributed by atoms with Gasteiger partial charge >= 0.3 is 6.18 Å². The van der Waals surface area contributed by atoms with Crippen molar-refractivity contribution in [1.82, 2.24) is 10.6 Å². The van der Waals surface area contributed by atoms with Crippen molar-refractivity contribution in [3.05, 3.63) is 35.4 Å². The quantitative estimate of drug-likeness (QED) is 0.872. The van der Waals surface area contributed by atoms with Crippen LogP contribution < -0.4 is 10.6 Å². The maximum Gasteiger partial charge on any atom is 0.416 e. The fourth-order valence-electron chi connectivity index (χ4n) is 1.89. The minimum atomic E-state index is -4.42. The minimum Gasteiger partial charge on any atom is -0.352 e. The predicted octanol–water partition coefficient (Wildman–Crippen LogP) is 1.89. The molecule has 0 aliphatic rings. The number of carbonyl (C=O) groups excluding carboxylic acids is 2. The van der Waals surface area contributed by atoms with Crippen molar-refractivity contribution in [2.45, 2.75) is 32.5 Å². The summed E-state index contributed by atoms with van der Waals surface area (Å²) in [6.07, 6.45) is -4.36. The second-order valence-corrected chi connectivity index (χ2v) is 4.74. The Bertz CT molecular complexity index is 515. The Labute approximate surface area is 120 Å². The van der Waals surface area contributed by atoms with Crippen LogP contribution in [0.5, 0.6) is 0 Å². The van der Waals surface area contributed by atoms with Crippen LogP contribution >= 0.6 is 0 Å². The molecule has 1 rings (SSSR count). The lowest BCUT2D eigenvalue weighted by Gasteiger charge is -2.17. The second kappa shape index (κ2) is 7.10. The molecule has 1 aromatic rings. The Morgan fingerprint density at radius 3 is 2.43 bits per heavy atom. The van der Waals surface area contributed by atoms with Gasteiger partial charge in [-0.25, -0.2) is 0 Å². The molecule has 0 saturated carbocycles. The molecular weight excluding hydrogens is 285 g/mol. The Balaban J connectivity index is 2.65. The highest BCUT2D eigenvalue weighted by atomic mass is 19.4. The Kier molecular flexibility index (Phi) is 5.75. The molecule has 116 valence electrons. The molecule has 0 aliphatic heterocycles. The standard InChI is InChI=1S/C14H17F3N2O2/c1-9(19-13(21)8-18-10(2)20)7-11-5-3-4-6-12(11)14(15,16)17/h3-6,9H,7-8H2,1-2H3,(H,18,20)(H,19,21)/t9-/m0/s1. The monoisotopic (exact) mass is 302 g/mol. The number of hydrogen-bond acceptors (Lipinski definition) is 2. The van der Waals surface area contributed by atoms with Crippen molar-refractivity contribution >= 4 is 11.8 Å². The first-order valence-corrected chi connectivity index (χ1v) is 6.39. The number of benzene rings is 1. The molecule has 21 heavy (non-hydrogen) atoms. The van der Waals surface area contributed by atoms with Gasteiger partial charge in [0.2, 0.25) is 11.8 Å². The smallest absolute Gasteiger partial charge is 0.352 e. The van der Waals surface area contributed by atoms with E-state index in [2.05, 4.69) is 10.6 Å². The van der Waals surface area contributed by atoms with Crippen LogP contribution in [0.15, 0.2) is 24.3 Å². The van der Waals surface area contributed by atoms with Crippen LogP contribution in [0.3, 0.4) is 0 Å². The summed E-state index contributed by atoms with van der Waals surface area (Å²) < 4.78 is 38.5. The summed E-state index contributed by atoms with van der Waals surface area (Å²) in [5, 5.41) is 4.86. The van der Waals surface area contributed by atoms with E-state index >= 15 is 0 Å². The van der Waals surface area contributed by atoms with Gasteiger partial charge in [0, 0.05) is 13.0 Å². The third kappa shape index (κ3) is 5.85. The highest BCUT2D eigenvalue weighted by Gasteiger charge is 2.33. The Hall–Kier alpha value is -2.05. The molecule has 0 aromatic heterocycles. The lowest BCUT2D eigenvalue weighted by molar-refractivity contribution is -0.138. The molecule has 0 aliphatic carbocycles. The van der Waals surface area contributed by atoms with E-state index < -0.39 is 23.7 Å². The van der Waals surface area contributed by atoms with Gasteiger partial charge in [-0.3, -0.25) is 9.59 Å². The molecule has 1 aromatic carbocycles. The average Bonchev–Trinajstić information content (AvgIpc) is 2.35. The largest absolute Gasteiger partial charge is 0.416 e. The van der Waals surface area contributed by atoms with E-state index in [-0.39, 0.29) is 24.4 Å². The molecule has 1 atom stereocenters. The number of alkyl halides is 3. The zero-order chi connectivity index (χ0) is 16.0. The van der Waals surface area contributed by atoms with Crippen LogP contribution in [-0.4, -0.2) is 24.4 Å². The first-order chi connectivity index (χ1) is 9.70. The lowest BCUT2D eigenvalue weighted by atomic mass is 10.0. The summed E-state index contributed by atoms with van der Waals surface area (Å²) in [5.74, 6) is -0.789. The van der Waals surface area contributed by atoms with Gasteiger partial charge < -0.3 is 10.6 Å². The van der Waals surface area contributed by atoms with E-state index in [4.69, 9.17) is 0 Å². The molecule has 0 unspecified atom stereocenters. The first-order valence-electron chi connectivity index (χ1n) is 6.39. The molecule has 0 heterocycles. The molecule has 2 N–H and O–H groups in total. The minimum absolute atomic E-state index is 0.0570. The van der Waals surface area contributed by atoms with Gasteiger partial charge in [0.05, 0.1) is 12.1 Å². The van der Waals surface area contributed by atoms with E-state index in [1.165, 1.54) is 25.1 Å². The molecule has 4 nitrogen and oxygen atoms in total. The van der Waals surface area contributed by atoms with Crippen LogP contribution in [0.4, 0.5) is 13.2 Å². The van der Waals surface area contributed by atoms with Gasteiger partial charge in [0.1, 0.15) is 0 Å². The van der Waals surface area contributed by atoms with Crippen LogP contribution in [-0.2, 0) is 22.2 Å². The number of nitrogens with one attached hydrogen (secondary N) is 2. The van der Waals surface area contributed by atoms with Crippen molar-refractivity contribution in [3.63, 3.8) is 0 Å². The van der Waals surface area contributed by atoms with Crippen molar-refractivity contribution in [2.75, 3.05) is 6.54 Å². The van der Waals surface area contributed by atoms with E-state index in [0.29, 0.717) is 0 Å². The van der Waals surface area contributed by atoms with Gasteiger partial charge in [-0.05, 0) is 25.0 Å². The average molecular weight is 302 g/mol. The van der Waals surface area contributed by atoms with Gasteiger partial charge in [-0.1, -0.05) is 18.2 Å². The maximum atomic E-state index is 12.8. The molecule has 0 saturated heterocycles. The predicted molar refractivity (Wildman–Crippen MR) is 71.4 cm³/mol. The summed E-state index contributed by atoms with van der Waals surface area (Å²) in [7, 11) is 0. The van der Waals surface area contributed by atoms with E-state index in [0.717, 1.165) is 6.07 Å². The van der Waals surface area contributed by atoms with Crippen LogP contribution in [0.2, 0.25) is 0 Å². The summed E-state index contributed by atoms with van der Waals surface area (Å²) in [6.45, 7) is 2.69. The third-order valence-corrected chi connectivity index (χ3v) is 2.75. The van der Waals surface area contributed by atoms with E-state index in [1.54, 1.807) is 6.92 Å². The van der Waals surface area contributed by atoms with Crippen molar-refractivity contribution in [3.8, 4) is 0 Å². The summed E-state index contributed by atoms with van der Waals surface area (Å²) in [4.78, 5) is 22.1. The molecule has 0 fully saturated rings. The summed E-state index contributed by atoms with van der Waals surface area (Å²) >= 11 is 0. The Morgan fingerprint density at radius 1 is 1.24 bits per heavy atom. The Morgan fingerprint density at radius 2 is 1.86 bits per heavy atom. The molecular formula is C14H17F3N2O2. The fourth-order valence-corrected chi connectivity index (χ4v) is 1.89. The zero-order valence-electron chi connectivity index (χ0n) is 11.8. The second-order valence-electron chi connectivity index (χ2n) is 4.74. The van der Waals surface area contributed by atoms with Crippen molar-refractivity contribution < 1.29 is 22.8 Å². The molecule has 0 bridgehead atoms. The maximum absolute atomic E-state index is 12.8.